The second kappa shape index (κ2) is 4.94. The van der Waals surface area contributed by atoms with Crippen LogP contribution in [0.5, 0.6) is 0 Å². The molecule has 1 fully saturated rings. The normalized spacial score (nSPS) is 29.0. The van der Waals surface area contributed by atoms with Crippen LogP contribution in [0.15, 0.2) is 12.3 Å². The van der Waals surface area contributed by atoms with Crippen molar-refractivity contribution in [2.75, 3.05) is 11.1 Å². The van der Waals surface area contributed by atoms with Crippen molar-refractivity contribution in [1.29, 1.82) is 0 Å². The lowest BCUT2D eigenvalue weighted by molar-refractivity contribution is 0.276. The number of hydrogen-bond acceptors (Lipinski definition) is 3. The first-order valence-electron chi connectivity index (χ1n) is 6.55. The number of aryl methyl sites for hydroxylation is 1. The highest BCUT2D eigenvalue weighted by Crippen LogP contribution is 2.30. The molecule has 0 aromatic carbocycles. The number of pyridine rings is 1. The van der Waals surface area contributed by atoms with Crippen LogP contribution in [0.25, 0.3) is 0 Å². The van der Waals surface area contributed by atoms with Crippen LogP contribution in [0.2, 0.25) is 0 Å². The smallest absolute Gasteiger partial charge is 0.128 e. The van der Waals surface area contributed by atoms with Gasteiger partial charge in [-0.25, -0.2) is 4.98 Å². The fourth-order valence-corrected chi connectivity index (χ4v) is 2.69. The summed E-state index contributed by atoms with van der Waals surface area (Å²) in [7, 11) is 0. The summed E-state index contributed by atoms with van der Waals surface area (Å²) in [5.74, 6) is 2.49. The zero-order valence-electron chi connectivity index (χ0n) is 11.0. The van der Waals surface area contributed by atoms with Crippen LogP contribution >= 0.6 is 0 Å². The minimum atomic E-state index is 0.542. The molecule has 1 aromatic heterocycles. The summed E-state index contributed by atoms with van der Waals surface area (Å²) < 4.78 is 0. The van der Waals surface area contributed by atoms with Gasteiger partial charge in [0.15, 0.2) is 0 Å². The fourth-order valence-electron chi connectivity index (χ4n) is 2.69. The van der Waals surface area contributed by atoms with Crippen LogP contribution in [-0.2, 0) is 0 Å². The molecule has 3 N–H and O–H groups in total. The van der Waals surface area contributed by atoms with Crippen molar-refractivity contribution >= 4 is 11.5 Å². The van der Waals surface area contributed by atoms with Crippen LogP contribution in [-0.4, -0.2) is 11.0 Å². The Morgan fingerprint density at radius 1 is 1.35 bits per heavy atom. The predicted molar refractivity (Wildman–Crippen MR) is 73.0 cm³/mol. The van der Waals surface area contributed by atoms with E-state index < -0.39 is 0 Å². The van der Waals surface area contributed by atoms with Crippen LogP contribution in [0.1, 0.15) is 38.7 Å². The third-order valence-corrected chi connectivity index (χ3v) is 3.91. The van der Waals surface area contributed by atoms with Gasteiger partial charge >= 0.3 is 0 Å². The van der Waals surface area contributed by atoms with Gasteiger partial charge in [0.05, 0.1) is 0 Å². The molecular formula is C14H23N3. The minimum absolute atomic E-state index is 0.542. The van der Waals surface area contributed by atoms with E-state index in [0.717, 1.165) is 23.0 Å². The Morgan fingerprint density at radius 3 is 2.76 bits per heavy atom. The zero-order valence-corrected chi connectivity index (χ0v) is 11.0. The lowest BCUT2D eigenvalue weighted by Crippen LogP contribution is -2.33. The Kier molecular flexibility index (Phi) is 3.55. The van der Waals surface area contributed by atoms with Crippen molar-refractivity contribution in [2.24, 2.45) is 11.8 Å². The monoisotopic (exact) mass is 233 g/mol. The van der Waals surface area contributed by atoms with E-state index in [1.807, 2.05) is 19.2 Å². The van der Waals surface area contributed by atoms with Crippen molar-refractivity contribution < 1.29 is 0 Å². The van der Waals surface area contributed by atoms with Crippen molar-refractivity contribution in [1.82, 2.24) is 4.98 Å². The van der Waals surface area contributed by atoms with Crippen molar-refractivity contribution in [3.05, 3.63) is 17.8 Å². The number of hydrogen-bond donors (Lipinski definition) is 2. The van der Waals surface area contributed by atoms with Crippen LogP contribution in [0.3, 0.4) is 0 Å². The van der Waals surface area contributed by atoms with E-state index >= 15 is 0 Å². The van der Waals surface area contributed by atoms with E-state index in [2.05, 4.69) is 24.1 Å². The number of rotatable bonds is 2. The van der Waals surface area contributed by atoms with E-state index in [1.54, 1.807) is 0 Å². The second-order valence-electron chi connectivity index (χ2n) is 5.57. The quantitative estimate of drug-likeness (QED) is 0.824. The molecule has 1 saturated carbocycles. The average Bonchev–Trinajstić information content (AvgIpc) is 2.27. The zero-order chi connectivity index (χ0) is 12.4. The first-order valence-corrected chi connectivity index (χ1v) is 6.55. The molecule has 17 heavy (non-hydrogen) atoms. The Hall–Kier alpha value is -1.25. The highest BCUT2D eigenvalue weighted by molar-refractivity contribution is 5.53. The maximum absolute atomic E-state index is 5.90. The summed E-state index contributed by atoms with van der Waals surface area (Å²) in [5, 5.41) is 3.53. The molecule has 94 valence electrons. The summed E-state index contributed by atoms with van der Waals surface area (Å²) in [6.45, 7) is 6.65. The van der Waals surface area contributed by atoms with E-state index in [1.165, 1.54) is 19.3 Å². The number of aromatic nitrogens is 1. The second-order valence-corrected chi connectivity index (χ2v) is 5.57. The molecular weight excluding hydrogens is 210 g/mol. The molecule has 3 nitrogen and oxygen atoms in total. The molecule has 0 saturated heterocycles. The van der Waals surface area contributed by atoms with Gasteiger partial charge in [0, 0.05) is 24.0 Å². The summed E-state index contributed by atoms with van der Waals surface area (Å²) in [5.41, 5.74) is 7.76. The van der Waals surface area contributed by atoms with Gasteiger partial charge in [-0.15, -0.1) is 0 Å². The number of nitrogens with two attached hydrogens (primary N) is 1. The van der Waals surface area contributed by atoms with Gasteiger partial charge < -0.3 is 11.1 Å². The van der Waals surface area contributed by atoms with E-state index in [9.17, 15) is 0 Å². The van der Waals surface area contributed by atoms with E-state index in [4.69, 9.17) is 5.73 Å². The molecule has 1 aliphatic rings. The summed E-state index contributed by atoms with van der Waals surface area (Å²) in [6.07, 6.45) is 5.69. The first kappa shape index (κ1) is 12.2. The van der Waals surface area contributed by atoms with Gasteiger partial charge in [0.25, 0.3) is 0 Å². The first-order chi connectivity index (χ1) is 8.06. The topological polar surface area (TPSA) is 50.9 Å². The third kappa shape index (κ3) is 2.90. The predicted octanol–water partition coefficient (Wildman–Crippen LogP) is 3.21. The van der Waals surface area contributed by atoms with Crippen LogP contribution in [0, 0.1) is 18.8 Å². The minimum Gasteiger partial charge on any atom is -0.398 e. The molecule has 2 rings (SSSR count). The van der Waals surface area contributed by atoms with Gasteiger partial charge in [0.2, 0.25) is 0 Å². The van der Waals surface area contributed by atoms with Crippen LogP contribution < -0.4 is 11.1 Å². The van der Waals surface area contributed by atoms with Crippen molar-refractivity contribution in [3.63, 3.8) is 0 Å². The highest BCUT2D eigenvalue weighted by Gasteiger charge is 2.25. The molecule has 3 atom stereocenters. The third-order valence-electron chi connectivity index (χ3n) is 3.91. The molecule has 0 bridgehead atoms. The maximum Gasteiger partial charge on any atom is 0.128 e. The number of nitrogens with one attached hydrogen (secondary N) is 1. The van der Waals surface area contributed by atoms with Gasteiger partial charge in [-0.3, -0.25) is 0 Å². The summed E-state index contributed by atoms with van der Waals surface area (Å²) in [4.78, 5) is 4.40. The molecule has 1 aromatic rings. The number of nitrogen functional groups attached to an aromatic ring is 1. The lowest BCUT2D eigenvalue weighted by Gasteiger charge is -2.33. The Labute approximate surface area is 104 Å². The van der Waals surface area contributed by atoms with Gasteiger partial charge in [0.1, 0.15) is 5.82 Å². The summed E-state index contributed by atoms with van der Waals surface area (Å²) >= 11 is 0. The molecule has 3 unspecified atom stereocenters. The van der Waals surface area contributed by atoms with Gasteiger partial charge in [-0.05, 0) is 43.6 Å². The molecule has 3 heteroatoms. The summed E-state index contributed by atoms with van der Waals surface area (Å²) in [6, 6.07) is 2.49. The van der Waals surface area contributed by atoms with Crippen molar-refractivity contribution in [2.45, 2.75) is 46.1 Å². The molecule has 0 aliphatic heterocycles. The van der Waals surface area contributed by atoms with Crippen LogP contribution in [0.4, 0.5) is 11.5 Å². The SMILES string of the molecule is Cc1cnc(NC2CCC(C)CC2C)cc1N. The number of anilines is 2. The maximum atomic E-state index is 5.90. The lowest BCUT2D eigenvalue weighted by atomic mass is 9.80. The molecule has 1 aliphatic carbocycles. The largest absolute Gasteiger partial charge is 0.398 e. The van der Waals surface area contributed by atoms with Gasteiger partial charge in [-0.1, -0.05) is 13.8 Å². The van der Waals surface area contributed by atoms with E-state index in [-0.39, 0.29) is 0 Å². The molecule has 1 heterocycles. The van der Waals surface area contributed by atoms with Gasteiger partial charge in [-0.2, -0.15) is 0 Å². The van der Waals surface area contributed by atoms with E-state index in [0.29, 0.717) is 12.0 Å². The Bertz CT molecular complexity index is 389. The molecule has 0 spiro atoms. The average molecular weight is 233 g/mol. The Morgan fingerprint density at radius 2 is 2.12 bits per heavy atom. The molecule has 0 radical (unpaired) electrons. The fraction of sp³-hybridized carbons (Fsp3) is 0.643. The Balaban J connectivity index is 2.02. The highest BCUT2D eigenvalue weighted by atomic mass is 15.0. The molecule has 0 amide bonds. The number of nitrogens with zero attached hydrogens (tertiary/aromatic N) is 1. The van der Waals surface area contributed by atoms with Crippen molar-refractivity contribution in [3.8, 4) is 0 Å². The standard InChI is InChI=1S/C14H23N3/c1-9-4-5-13(10(2)6-9)17-14-7-12(15)11(3)8-16-14/h7-10,13H,4-6H2,1-3H3,(H3,15,16,17).